The van der Waals surface area contributed by atoms with Gasteiger partial charge in [-0.15, -0.1) is 12.3 Å². The fourth-order valence-electron chi connectivity index (χ4n) is 6.83. The summed E-state index contributed by atoms with van der Waals surface area (Å²) in [7, 11) is -3.57. The summed E-state index contributed by atoms with van der Waals surface area (Å²) in [6, 6.07) is -3.83. The Morgan fingerprint density at radius 2 is 1.55 bits per heavy atom. The van der Waals surface area contributed by atoms with Gasteiger partial charge in [-0.25, -0.2) is 13.2 Å². The smallest absolute Gasteiger partial charge is 0.315 e. The number of rotatable bonds is 13. The highest BCUT2D eigenvalue weighted by atomic mass is 32.2. The quantitative estimate of drug-likeness (QED) is 0.168. The summed E-state index contributed by atoms with van der Waals surface area (Å²) in [5.41, 5.74) is -1.75. The van der Waals surface area contributed by atoms with Crippen molar-refractivity contribution in [3.8, 4) is 12.3 Å². The molecule has 0 spiro atoms. The Morgan fingerprint density at radius 1 is 0.939 bits per heavy atom. The van der Waals surface area contributed by atoms with Crippen molar-refractivity contribution in [1.29, 1.82) is 0 Å². The molecular weight excluding hydrogens is 646 g/mol. The van der Waals surface area contributed by atoms with Gasteiger partial charge in [0.1, 0.15) is 12.1 Å². The molecule has 2 aliphatic carbocycles. The zero-order valence-electron chi connectivity index (χ0n) is 30.7. The number of carbonyl (C=O) groups is 5. The molecule has 2 unspecified atom stereocenters. The molecule has 1 saturated heterocycles. The summed E-state index contributed by atoms with van der Waals surface area (Å²) >= 11 is 0. The van der Waals surface area contributed by atoms with E-state index in [9.17, 15) is 32.4 Å². The van der Waals surface area contributed by atoms with E-state index in [1.807, 2.05) is 34.6 Å². The molecule has 0 radical (unpaired) electrons. The minimum Gasteiger partial charge on any atom is -0.347 e. The van der Waals surface area contributed by atoms with E-state index >= 15 is 0 Å². The molecule has 1 heterocycles. The highest BCUT2D eigenvalue weighted by molar-refractivity contribution is 7.92. The second-order valence-electron chi connectivity index (χ2n) is 16.7. The Bertz CT molecular complexity index is 1400. The van der Waals surface area contributed by atoms with Gasteiger partial charge in [0.15, 0.2) is 9.84 Å². The first kappa shape index (κ1) is 40.3. The number of likely N-dealkylation sites (tertiary alicyclic amines) is 1. The molecule has 0 aromatic heterocycles. The highest BCUT2D eigenvalue weighted by Crippen LogP contribution is 2.35. The van der Waals surface area contributed by atoms with Crippen LogP contribution in [0.15, 0.2) is 0 Å². The SMILES string of the molecule is C#CCCC(NC(=O)[C@@H]1C(C(C)C)CCN1C(=O)[C@@H](NC(=O)NC1(CS(=O)(=O)C(C)(C)C)CCCCC1)C(C)(C)C)C(=O)C(=O)NC1CC1. The summed E-state index contributed by atoms with van der Waals surface area (Å²) in [4.78, 5) is 69.4. The molecule has 4 N–H and O–H groups in total. The molecule has 13 heteroatoms. The predicted molar refractivity (Wildman–Crippen MR) is 189 cm³/mol. The Morgan fingerprint density at radius 3 is 2.06 bits per heavy atom. The fourth-order valence-corrected chi connectivity index (χ4v) is 8.35. The average molecular weight is 706 g/mol. The summed E-state index contributed by atoms with van der Waals surface area (Å²) in [5, 5.41) is 11.3. The summed E-state index contributed by atoms with van der Waals surface area (Å²) in [6.45, 7) is 14.6. The highest BCUT2D eigenvalue weighted by Gasteiger charge is 2.49. The normalized spacial score (nSPS) is 22.4. The molecule has 5 amide bonds. The van der Waals surface area contributed by atoms with Crippen LogP contribution in [0.2, 0.25) is 0 Å². The van der Waals surface area contributed by atoms with Crippen molar-refractivity contribution in [1.82, 2.24) is 26.2 Å². The zero-order chi connectivity index (χ0) is 36.9. The molecule has 0 aromatic rings. The molecule has 1 aliphatic heterocycles. The van der Waals surface area contributed by atoms with Crippen molar-refractivity contribution < 1.29 is 32.4 Å². The summed E-state index contributed by atoms with van der Waals surface area (Å²) < 4.78 is 25.6. The van der Waals surface area contributed by atoms with Gasteiger partial charge in [-0.1, -0.05) is 53.9 Å². The number of Topliss-reactive ketones (excluding diaryl/α,β-unsaturated/α-hetero) is 1. The fraction of sp³-hybridized carbons (Fsp3) is 0.806. The van der Waals surface area contributed by atoms with Gasteiger partial charge in [0.25, 0.3) is 5.91 Å². The average Bonchev–Trinajstić information content (AvgIpc) is 3.68. The number of hydrogen-bond donors (Lipinski definition) is 4. The maximum absolute atomic E-state index is 14.4. The van der Waals surface area contributed by atoms with Crippen LogP contribution in [-0.4, -0.2) is 89.6 Å². The molecular formula is C36H59N5O7S. The van der Waals surface area contributed by atoms with Gasteiger partial charge in [-0.3, -0.25) is 19.2 Å². The number of hydrogen-bond acceptors (Lipinski definition) is 7. The lowest BCUT2D eigenvalue weighted by Crippen LogP contribution is -2.64. The van der Waals surface area contributed by atoms with E-state index in [0.29, 0.717) is 19.3 Å². The van der Waals surface area contributed by atoms with Gasteiger partial charge in [0.05, 0.1) is 22.1 Å². The zero-order valence-corrected chi connectivity index (χ0v) is 31.6. The lowest BCUT2D eigenvalue weighted by Gasteiger charge is -2.41. The van der Waals surface area contributed by atoms with E-state index in [1.165, 1.54) is 4.90 Å². The third kappa shape index (κ3) is 10.4. The summed E-state index contributed by atoms with van der Waals surface area (Å²) in [6.07, 6.45) is 11.3. The van der Waals surface area contributed by atoms with Gasteiger partial charge in [-0.2, -0.15) is 0 Å². The van der Waals surface area contributed by atoms with E-state index in [0.717, 1.165) is 32.1 Å². The van der Waals surface area contributed by atoms with E-state index in [-0.39, 0.29) is 43.0 Å². The molecule has 276 valence electrons. The van der Waals surface area contributed by atoms with Crippen molar-refractivity contribution in [2.24, 2.45) is 17.3 Å². The van der Waals surface area contributed by atoms with Gasteiger partial charge in [0, 0.05) is 19.0 Å². The first-order chi connectivity index (χ1) is 22.6. The molecule has 3 rings (SSSR count). The van der Waals surface area contributed by atoms with Crippen LogP contribution < -0.4 is 21.3 Å². The Hall–Kier alpha value is -3.14. The van der Waals surface area contributed by atoms with E-state index in [2.05, 4.69) is 27.2 Å². The van der Waals surface area contributed by atoms with Crippen LogP contribution >= 0.6 is 0 Å². The molecule has 2 saturated carbocycles. The van der Waals surface area contributed by atoms with Crippen LogP contribution in [0.4, 0.5) is 4.79 Å². The van der Waals surface area contributed by atoms with Gasteiger partial charge < -0.3 is 26.2 Å². The van der Waals surface area contributed by atoms with Crippen molar-refractivity contribution in [3.63, 3.8) is 0 Å². The Balaban J connectivity index is 1.86. The largest absolute Gasteiger partial charge is 0.347 e. The maximum atomic E-state index is 14.4. The molecule has 4 atom stereocenters. The lowest BCUT2D eigenvalue weighted by atomic mass is 9.83. The third-order valence-electron chi connectivity index (χ3n) is 10.2. The Labute approximate surface area is 293 Å². The molecule has 3 fully saturated rings. The minimum atomic E-state index is -3.57. The van der Waals surface area contributed by atoms with Crippen LogP contribution in [-0.2, 0) is 29.0 Å². The molecule has 0 bridgehead atoms. The van der Waals surface area contributed by atoms with Crippen molar-refractivity contribution in [2.45, 2.75) is 154 Å². The number of terminal acetylenes is 1. The third-order valence-corrected chi connectivity index (χ3v) is 13.0. The van der Waals surface area contributed by atoms with E-state index in [4.69, 9.17) is 6.42 Å². The van der Waals surface area contributed by atoms with Crippen LogP contribution in [0, 0.1) is 29.6 Å². The van der Waals surface area contributed by atoms with Crippen LogP contribution in [0.5, 0.6) is 0 Å². The van der Waals surface area contributed by atoms with Crippen LogP contribution in [0.25, 0.3) is 0 Å². The first-order valence-electron chi connectivity index (χ1n) is 17.8. The number of nitrogens with zero attached hydrogens (tertiary/aromatic N) is 1. The second kappa shape index (κ2) is 15.8. The number of carbonyl (C=O) groups excluding carboxylic acids is 5. The number of amides is 5. The summed E-state index contributed by atoms with van der Waals surface area (Å²) in [5.74, 6) is -0.517. The molecule has 3 aliphatic rings. The number of urea groups is 1. The van der Waals surface area contributed by atoms with Crippen molar-refractivity contribution >= 4 is 39.4 Å². The second-order valence-corrected chi connectivity index (χ2v) is 19.4. The minimum absolute atomic E-state index is 0.00634. The molecule has 0 aromatic carbocycles. The van der Waals surface area contributed by atoms with Crippen LogP contribution in [0.1, 0.15) is 120 Å². The van der Waals surface area contributed by atoms with Crippen molar-refractivity contribution in [2.75, 3.05) is 12.3 Å². The van der Waals surface area contributed by atoms with Gasteiger partial charge in [-0.05, 0) is 76.5 Å². The number of ketones is 1. The van der Waals surface area contributed by atoms with Crippen LogP contribution in [0.3, 0.4) is 0 Å². The van der Waals surface area contributed by atoms with Gasteiger partial charge in [0.2, 0.25) is 17.6 Å². The van der Waals surface area contributed by atoms with E-state index < -0.39 is 73.2 Å². The Kier molecular flexibility index (Phi) is 13.0. The number of nitrogens with one attached hydrogen (secondary N) is 4. The predicted octanol–water partition coefficient (Wildman–Crippen LogP) is 3.24. The van der Waals surface area contributed by atoms with Gasteiger partial charge >= 0.3 is 6.03 Å². The van der Waals surface area contributed by atoms with Crippen molar-refractivity contribution in [3.05, 3.63) is 0 Å². The van der Waals surface area contributed by atoms with E-state index in [1.54, 1.807) is 20.8 Å². The number of sulfone groups is 1. The first-order valence-corrected chi connectivity index (χ1v) is 19.5. The topological polar surface area (TPSA) is 171 Å². The lowest BCUT2D eigenvalue weighted by molar-refractivity contribution is -0.144. The monoisotopic (exact) mass is 705 g/mol. The molecule has 49 heavy (non-hydrogen) atoms. The molecule has 12 nitrogen and oxygen atoms in total. The maximum Gasteiger partial charge on any atom is 0.315 e. The standard InChI is InChI=1S/C36H59N5O7S/c1-10-11-15-26(28(42)31(44)37-24-16-17-24)38-30(43)27-25(23(2)3)18-21-41(27)32(45)29(34(4,5)6)39-33(46)40-36(19-13-12-14-20-36)22-49(47,48)35(7,8)9/h1,23-27,29H,11-22H2,2-9H3,(H,37,44)(H,38,43)(H2,39,40,46)/t25?,26?,27-,29+/m0/s1.